The fourth-order valence-corrected chi connectivity index (χ4v) is 3.63. The lowest BCUT2D eigenvalue weighted by molar-refractivity contribution is -0.151. The molecule has 0 spiro atoms. The molecule has 3 rings (SSSR count). The van der Waals surface area contributed by atoms with E-state index in [2.05, 4.69) is 0 Å². The molecule has 2 aliphatic rings. The van der Waals surface area contributed by atoms with Crippen LogP contribution in [0.1, 0.15) is 49.8 Å². The molecule has 0 saturated carbocycles. The average molecular weight is 317 g/mol. The van der Waals surface area contributed by atoms with Gasteiger partial charge in [-0.05, 0) is 43.7 Å². The van der Waals surface area contributed by atoms with Crippen LogP contribution in [0, 0.1) is 0 Å². The number of carbonyl (C=O) groups excluding carboxylic acids is 1. The fraction of sp³-hybridized carbons (Fsp3) is 0.556. The van der Waals surface area contributed by atoms with Gasteiger partial charge >= 0.3 is 5.97 Å². The minimum atomic E-state index is -0.962. The zero-order valence-electron chi connectivity index (χ0n) is 13.4. The van der Waals surface area contributed by atoms with Crippen molar-refractivity contribution in [1.82, 2.24) is 4.90 Å². The van der Waals surface area contributed by atoms with Gasteiger partial charge in [0.1, 0.15) is 0 Å². The highest BCUT2D eigenvalue weighted by atomic mass is 16.5. The predicted molar refractivity (Wildman–Crippen MR) is 85.0 cm³/mol. The van der Waals surface area contributed by atoms with Crippen LogP contribution in [0.25, 0.3) is 0 Å². The third-order valence-corrected chi connectivity index (χ3v) is 4.84. The van der Waals surface area contributed by atoms with E-state index in [-0.39, 0.29) is 18.1 Å². The Morgan fingerprint density at radius 2 is 2.09 bits per heavy atom. The van der Waals surface area contributed by atoms with Crippen molar-refractivity contribution in [2.45, 2.75) is 57.3 Å². The molecule has 124 valence electrons. The molecule has 2 aliphatic heterocycles. The Kier molecular flexibility index (Phi) is 4.66. The van der Waals surface area contributed by atoms with Gasteiger partial charge in [0, 0.05) is 13.0 Å². The van der Waals surface area contributed by atoms with Crippen molar-refractivity contribution in [3.05, 3.63) is 35.4 Å². The van der Waals surface area contributed by atoms with Crippen LogP contribution >= 0.6 is 0 Å². The number of hydrogen-bond acceptors (Lipinski definition) is 3. The second kappa shape index (κ2) is 6.71. The molecule has 0 bridgehead atoms. The molecule has 1 N–H and O–H groups in total. The third-order valence-electron chi connectivity index (χ3n) is 4.84. The van der Waals surface area contributed by atoms with E-state index in [0.29, 0.717) is 25.8 Å². The first-order valence-corrected chi connectivity index (χ1v) is 8.32. The van der Waals surface area contributed by atoms with Crippen molar-refractivity contribution in [2.24, 2.45) is 0 Å². The number of fused-ring (bicyclic) bond motifs is 1. The van der Waals surface area contributed by atoms with Gasteiger partial charge in [-0.2, -0.15) is 0 Å². The predicted octanol–water partition coefficient (Wildman–Crippen LogP) is 2.54. The van der Waals surface area contributed by atoms with Crippen LogP contribution < -0.4 is 0 Å². The second-order valence-corrected chi connectivity index (χ2v) is 6.46. The van der Waals surface area contributed by atoms with Crippen LogP contribution in [-0.4, -0.2) is 40.6 Å². The molecule has 1 saturated heterocycles. The SMILES string of the molecule is CC1CCC(CCC(=O)N2CCc3ccccc3C2C(=O)O)O1. The number of ether oxygens (including phenoxy) is 1. The van der Waals surface area contributed by atoms with E-state index in [1.807, 2.05) is 31.2 Å². The summed E-state index contributed by atoms with van der Waals surface area (Å²) in [6, 6.07) is 6.64. The highest BCUT2D eigenvalue weighted by Crippen LogP contribution is 2.31. The number of aliphatic carboxylic acids is 1. The number of carbonyl (C=O) groups is 2. The van der Waals surface area contributed by atoms with Crippen molar-refractivity contribution >= 4 is 11.9 Å². The number of hydrogen-bond donors (Lipinski definition) is 1. The second-order valence-electron chi connectivity index (χ2n) is 6.46. The van der Waals surface area contributed by atoms with Crippen LogP contribution in [0.5, 0.6) is 0 Å². The van der Waals surface area contributed by atoms with E-state index >= 15 is 0 Å². The highest BCUT2D eigenvalue weighted by molar-refractivity contribution is 5.85. The van der Waals surface area contributed by atoms with Crippen molar-refractivity contribution in [3.8, 4) is 0 Å². The Labute approximate surface area is 136 Å². The maximum absolute atomic E-state index is 12.6. The number of carboxylic acid groups (broad SMARTS) is 1. The van der Waals surface area contributed by atoms with E-state index in [9.17, 15) is 14.7 Å². The molecule has 2 heterocycles. The number of nitrogens with zero attached hydrogens (tertiary/aromatic N) is 1. The summed E-state index contributed by atoms with van der Waals surface area (Å²) >= 11 is 0. The molecule has 0 aromatic heterocycles. The quantitative estimate of drug-likeness (QED) is 0.927. The number of rotatable bonds is 4. The summed E-state index contributed by atoms with van der Waals surface area (Å²) in [6.07, 6.45) is 4.16. The minimum Gasteiger partial charge on any atom is -0.479 e. The van der Waals surface area contributed by atoms with Gasteiger partial charge in [-0.15, -0.1) is 0 Å². The van der Waals surface area contributed by atoms with E-state index < -0.39 is 12.0 Å². The Morgan fingerprint density at radius 1 is 1.30 bits per heavy atom. The molecule has 3 unspecified atom stereocenters. The normalized spacial score (nSPS) is 26.8. The van der Waals surface area contributed by atoms with E-state index in [4.69, 9.17) is 4.74 Å². The Hall–Kier alpha value is -1.88. The number of benzene rings is 1. The lowest BCUT2D eigenvalue weighted by Gasteiger charge is -2.35. The molecule has 0 radical (unpaired) electrons. The third kappa shape index (κ3) is 3.39. The van der Waals surface area contributed by atoms with Gasteiger partial charge in [0.15, 0.2) is 6.04 Å². The molecule has 3 atom stereocenters. The molecule has 1 amide bonds. The molecule has 1 aromatic rings. The molecular weight excluding hydrogens is 294 g/mol. The molecule has 5 nitrogen and oxygen atoms in total. The smallest absolute Gasteiger partial charge is 0.331 e. The topological polar surface area (TPSA) is 66.8 Å². The van der Waals surface area contributed by atoms with Crippen molar-refractivity contribution in [1.29, 1.82) is 0 Å². The van der Waals surface area contributed by atoms with Crippen LogP contribution in [0.4, 0.5) is 0 Å². The highest BCUT2D eigenvalue weighted by Gasteiger charge is 2.35. The van der Waals surface area contributed by atoms with Gasteiger partial charge < -0.3 is 14.7 Å². The lowest BCUT2D eigenvalue weighted by Crippen LogP contribution is -2.43. The first-order chi connectivity index (χ1) is 11.1. The molecule has 23 heavy (non-hydrogen) atoms. The first-order valence-electron chi connectivity index (χ1n) is 8.32. The summed E-state index contributed by atoms with van der Waals surface area (Å²) < 4.78 is 5.74. The van der Waals surface area contributed by atoms with Crippen LogP contribution in [-0.2, 0) is 20.7 Å². The lowest BCUT2D eigenvalue weighted by atomic mass is 9.92. The Morgan fingerprint density at radius 3 is 2.78 bits per heavy atom. The summed E-state index contributed by atoms with van der Waals surface area (Å²) in [5, 5.41) is 9.60. The van der Waals surface area contributed by atoms with Gasteiger partial charge in [0.2, 0.25) is 5.91 Å². The van der Waals surface area contributed by atoms with Gasteiger partial charge in [-0.25, -0.2) is 4.79 Å². The van der Waals surface area contributed by atoms with Crippen LogP contribution in [0.15, 0.2) is 24.3 Å². The van der Waals surface area contributed by atoms with Crippen molar-refractivity contribution in [3.63, 3.8) is 0 Å². The first kappa shape index (κ1) is 16.0. The van der Waals surface area contributed by atoms with E-state index in [1.54, 1.807) is 0 Å². The molecule has 5 heteroatoms. The van der Waals surface area contributed by atoms with E-state index in [1.165, 1.54) is 4.90 Å². The summed E-state index contributed by atoms with van der Waals surface area (Å²) in [6.45, 7) is 2.51. The van der Waals surface area contributed by atoms with Crippen molar-refractivity contribution in [2.75, 3.05) is 6.54 Å². The van der Waals surface area contributed by atoms with Crippen molar-refractivity contribution < 1.29 is 19.4 Å². The molecule has 0 aliphatic carbocycles. The maximum Gasteiger partial charge on any atom is 0.331 e. The monoisotopic (exact) mass is 317 g/mol. The maximum atomic E-state index is 12.6. The van der Waals surface area contributed by atoms with E-state index in [0.717, 1.165) is 24.0 Å². The summed E-state index contributed by atoms with van der Waals surface area (Å²) in [5.74, 6) is -1.05. The summed E-state index contributed by atoms with van der Waals surface area (Å²) in [4.78, 5) is 25.8. The van der Waals surface area contributed by atoms with Gasteiger partial charge in [-0.3, -0.25) is 4.79 Å². The average Bonchev–Trinajstić information content (AvgIpc) is 2.96. The Bertz CT molecular complexity index is 600. The standard InChI is InChI=1S/C18H23NO4/c1-12-6-7-14(23-12)8-9-16(20)19-11-10-13-4-2-3-5-15(13)17(19)18(21)22/h2-5,12,14,17H,6-11H2,1H3,(H,21,22). The summed E-state index contributed by atoms with van der Waals surface area (Å²) in [7, 11) is 0. The molecule has 1 fully saturated rings. The van der Waals surface area contributed by atoms with Gasteiger partial charge in [-0.1, -0.05) is 24.3 Å². The number of carboxylic acids is 1. The van der Waals surface area contributed by atoms with Gasteiger partial charge in [0.25, 0.3) is 0 Å². The Balaban J connectivity index is 1.69. The molecule has 1 aromatic carbocycles. The van der Waals surface area contributed by atoms with Crippen LogP contribution in [0.2, 0.25) is 0 Å². The fourth-order valence-electron chi connectivity index (χ4n) is 3.63. The van der Waals surface area contributed by atoms with Gasteiger partial charge in [0.05, 0.1) is 12.2 Å². The zero-order valence-corrected chi connectivity index (χ0v) is 13.4. The number of amides is 1. The summed E-state index contributed by atoms with van der Waals surface area (Å²) in [5.41, 5.74) is 1.77. The largest absolute Gasteiger partial charge is 0.479 e. The minimum absolute atomic E-state index is 0.0879. The molecular formula is C18H23NO4. The van der Waals surface area contributed by atoms with Crippen LogP contribution in [0.3, 0.4) is 0 Å². The zero-order chi connectivity index (χ0) is 16.4.